The fraction of sp³-hybridized carbons (Fsp3) is 0.462. The zero-order valence-electron chi connectivity index (χ0n) is 10.0. The molecule has 1 aromatic rings. The third-order valence-corrected chi connectivity index (χ3v) is 2.87. The molecule has 0 atom stereocenters. The predicted molar refractivity (Wildman–Crippen MR) is 69.6 cm³/mol. The summed E-state index contributed by atoms with van der Waals surface area (Å²) >= 11 is 6.12. The van der Waals surface area contributed by atoms with Gasteiger partial charge in [0.25, 0.3) is 0 Å². The van der Waals surface area contributed by atoms with Gasteiger partial charge in [-0.1, -0.05) is 31.5 Å². The molecular formula is C13H18ClNO. The molecule has 0 radical (unpaired) electrons. The van der Waals surface area contributed by atoms with Crippen molar-refractivity contribution in [1.29, 1.82) is 0 Å². The molecule has 1 rings (SSSR count). The molecule has 0 bridgehead atoms. The van der Waals surface area contributed by atoms with E-state index in [1.807, 2.05) is 18.0 Å². The summed E-state index contributed by atoms with van der Waals surface area (Å²) in [5.74, 6) is 0.643. The molecule has 88 valence electrons. The van der Waals surface area contributed by atoms with Crippen molar-refractivity contribution < 1.29 is 4.79 Å². The molecule has 0 amide bonds. The second-order valence-corrected chi connectivity index (χ2v) is 4.81. The van der Waals surface area contributed by atoms with Crippen molar-refractivity contribution in [2.75, 3.05) is 18.5 Å². The number of benzene rings is 1. The monoisotopic (exact) mass is 239 g/mol. The van der Waals surface area contributed by atoms with E-state index in [-0.39, 0.29) is 0 Å². The maximum Gasteiger partial charge on any atom is 0.152 e. The molecule has 0 spiro atoms. The lowest BCUT2D eigenvalue weighted by Gasteiger charge is -2.23. The van der Waals surface area contributed by atoms with Crippen LogP contribution in [0.3, 0.4) is 0 Å². The second-order valence-electron chi connectivity index (χ2n) is 4.40. The van der Waals surface area contributed by atoms with Crippen LogP contribution in [0.4, 0.5) is 5.69 Å². The number of hydrogen-bond donors (Lipinski definition) is 0. The van der Waals surface area contributed by atoms with Crippen molar-refractivity contribution in [2.45, 2.75) is 20.3 Å². The number of nitrogens with zero attached hydrogens (tertiary/aromatic N) is 1. The average molecular weight is 240 g/mol. The average Bonchev–Trinajstić information content (AvgIpc) is 2.25. The molecule has 0 saturated carbocycles. The van der Waals surface area contributed by atoms with Crippen LogP contribution in [0.1, 0.15) is 30.6 Å². The highest BCUT2D eigenvalue weighted by atomic mass is 35.5. The van der Waals surface area contributed by atoms with Gasteiger partial charge in [0.05, 0.1) is 10.7 Å². The van der Waals surface area contributed by atoms with Crippen LogP contribution in [0.2, 0.25) is 5.02 Å². The molecule has 0 aromatic heterocycles. The van der Waals surface area contributed by atoms with E-state index in [2.05, 4.69) is 13.8 Å². The molecule has 2 nitrogen and oxygen atoms in total. The largest absolute Gasteiger partial charge is 0.373 e. The Morgan fingerprint density at radius 3 is 2.69 bits per heavy atom. The van der Waals surface area contributed by atoms with Gasteiger partial charge in [0.15, 0.2) is 6.29 Å². The third-order valence-electron chi connectivity index (χ3n) is 2.57. The summed E-state index contributed by atoms with van der Waals surface area (Å²) in [6, 6.07) is 5.40. The topological polar surface area (TPSA) is 20.3 Å². The fourth-order valence-corrected chi connectivity index (χ4v) is 1.92. The minimum absolute atomic E-state index is 0.635. The number of para-hydroxylation sites is 1. The molecule has 1 aromatic carbocycles. The second kappa shape index (κ2) is 5.90. The van der Waals surface area contributed by atoms with Crippen LogP contribution in [0, 0.1) is 5.92 Å². The van der Waals surface area contributed by atoms with Gasteiger partial charge in [-0.15, -0.1) is 0 Å². The number of rotatable bonds is 5. The van der Waals surface area contributed by atoms with Crippen LogP contribution in [-0.2, 0) is 0 Å². The van der Waals surface area contributed by atoms with E-state index in [1.54, 1.807) is 12.1 Å². The summed E-state index contributed by atoms with van der Waals surface area (Å²) in [7, 11) is 1.97. The molecule has 0 aliphatic rings. The first kappa shape index (κ1) is 13.0. The Labute approximate surface area is 102 Å². The van der Waals surface area contributed by atoms with E-state index < -0.39 is 0 Å². The normalized spacial score (nSPS) is 10.6. The predicted octanol–water partition coefficient (Wildman–Crippen LogP) is 3.63. The van der Waals surface area contributed by atoms with Gasteiger partial charge in [-0.3, -0.25) is 4.79 Å². The van der Waals surface area contributed by atoms with Crippen molar-refractivity contribution in [1.82, 2.24) is 0 Å². The van der Waals surface area contributed by atoms with Crippen molar-refractivity contribution in [2.24, 2.45) is 5.92 Å². The van der Waals surface area contributed by atoms with Crippen LogP contribution in [-0.4, -0.2) is 19.9 Å². The Hall–Kier alpha value is -1.02. The molecule has 16 heavy (non-hydrogen) atoms. The van der Waals surface area contributed by atoms with Crippen LogP contribution >= 0.6 is 11.6 Å². The van der Waals surface area contributed by atoms with Crippen LogP contribution < -0.4 is 4.90 Å². The van der Waals surface area contributed by atoms with E-state index in [9.17, 15) is 4.79 Å². The first-order valence-corrected chi connectivity index (χ1v) is 5.89. The molecule has 0 aliphatic heterocycles. The Balaban J connectivity index is 2.88. The summed E-state index contributed by atoms with van der Waals surface area (Å²) in [4.78, 5) is 13.0. The fourth-order valence-electron chi connectivity index (χ4n) is 1.59. The van der Waals surface area contributed by atoms with Crippen molar-refractivity contribution in [3.05, 3.63) is 28.8 Å². The Morgan fingerprint density at radius 2 is 2.12 bits per heavy atom. The van der Waals surface area contributed by atoms with Gasteiger partial charge in [0, 0.05) is 19.2 Å². The number of aldehydes is 1. The van der Waals surface area contributed by atoms with Gasteiger partial charge in [-0.05, 0) is 24.5 Å². The minimum atomic E-state index is 0.635. The number of carbonyl (C=O) groups is 1. The third kappa shape index (κ3) is 3.24. The van der Waals surface area contributed by atoms with E-state index in [1.165, 1.54) is 0 Å². The van der Waals surface area contributed by atoms with Gasteiger partial charge in [-0.2, -0.15) is 0 Å². The lowest BCUT2D eigenvalue weighted by Crippen LogP contribution is -2.21. The van der Waals surface area contributed by atoms with Gasteiger partial charge < -0.3 is 4.90 Å². The summed E-state index contributed by atoms with van der Waals surface area (Å²) in [6.07, 6.45) is 1.94. The Bertz CT molecular complexity index is 363. The number of halogens is 1. The quantitative estimate of drug-likeness (QED) is 0.732. The highest BCUT2D eigenvalue weighted by molar-refractivity contribution is 6.33. The van der Waals surface area contributed by atoms with Gasteiger partial charge in [-0.25, -0.2) is 0 Å². The molecule has 0 heterocycles. The van der Waals surface area contributed by atoms with Crippen LogP contribution in [0.15, 0.2) is 18.2 Å². The number of anilines is 1. The van der Waals surface area contributed by atoms with Gasteiger partial charge in [0.2, 0.25) is 0 Å². The van der Waals surface area contributed by atoms with Crippen molar-refractivity contribution in [3.63, 3.8) is 0 Å². The molecule has 3 heteroatoms. The Kier molecular flexibility index (Phi) is 4.81. The zero-order valence-corrected chi connectivity index (χ0v) is 10.8. The summed E-state index contributed by atoms with van der Waals surface area (Å²) in [5, 5.41) is 0.635. The van der Waals surface area contributed by atoms with Gasteiger partial charge in [0.1, 0.15) is 0 Å². The first-order valence-electron chi connectivity index (χ1n) is 5.51. The molecule has 0 fully saturated rings. The van der Waals surface area contributed by atoms with Crippen molar-refractivity contribution in [3.8, 4) is 0 Å². The van der Waals surface area contributed by atoms with Crippen LogP contribution in [0.5, 0.6) is 0 Å². The number of carbonyl (C=O) groups excluding carboxylic acids is 1. The first-order chi connectivity index (χ1) is 7.56. The standard InChI is InChI=1S/C13H18ClNO/c1-10(2)7-8-15(3)13-11(9-16)5-4-6-12(13)14/h4-6,9-10H,7-8H2,1-3H3. The minimum Gasteiger partial charge on any atom is -0.373 e. The molecule has 0 saturated heterocycles. The summed E-state index contributed by atoms with van der Waals surface area (Å²) in [5.41, 5.74) is 1.48. The lowest BCUT2D eigenvalue weighted by molar-refractivity contribution is 0.112. The SMILES string of the molecule is CC(C)CCN(C)c1c(Cl)cccc1C=O. The van der Waals surface area contributed by atoms with E-state index >= 15 is 0 Å². The molecular weight excluding hydrogens is 222 g/mol. The van der Waals surface area contributed by atoms with Crippen LogP contribution in [0.25, 0.3) is 0 Å². The highest BCUT2D eigenvalue weighted by Crippen LogP contribution is 2.28. The van der Waals surface area contributed by atoms with Crippen molar-refractivity contribution >= 4 is 23.6 Å². The smallest absolute Gasteiger partial charge is 0.152 e. The number of hydrogen-bond acceptors (Lipinski definition) is 2. The molecule has 0 N–H and O–H groups in total. The molecule has 0 unspecified atom stereocenters. The lowest BCUT2D eigenvalue weighted by atomic mass is 10.1. The van der Waals surface area contributed by atoms with Gasteiger partial charge >= 0.3 is 0 Å². The van der Waals surface area contributed by atoms with E-state index in [4.69, 9.17) is 11.6 Å². The maximum absolute atomic E-state index is 10.9. The van der Waals surface area contributed by atoms with E-state index in [0.717, 1.165) is 24.9 Å². The molecule has 0 aliphatic carbocycles. The van der Waals surface area contributed by atoms with E-state index in [0.29, 0.717) is 16.5 Å². The summed E-state index contributed by atoms with van der Waals surface area (Å²) < 4.78 is 0. The summed E-state index contributed by atoms with van der Waals surface area (Å²) in [6.45, 7) is 5.27. The zero-order chi connectivity index (χ0) is 12.1. The highest BCUT2D eigenvalue weighted by Gasteiger charge is 2.11. The Morgan fingerprint density at radius 1 is 1.44 bits per heavy atom. The maximum atomic E-state index is 10.9.